The third-order valence-electron chi connectivity index (χ3n) is 7.26. The molecule has 15 atom stereocenters. The lowest BCUT2D eigenvalue weighted by atomic mass is 9.92. The molecule has 11 N–H and O–H groups in total. The molecular formula is C23H40N2O16. The Labute approximate surface area is 234 Å². The molecule has 7 unspecified atom stereocenters. The van der Waals surface area contributed by atoms with Crippen LogP contribution >= 0.6 is 0 Å². The average Bonchev–Trinajstić information content (AvgIpc) is 2.91. The van der Waals surface area contributed by atoms with E-state index in [0.717, 1.165) is 6.92 Å². The van der Waals surface area contributed by atoms with Crippen LogP contribution in [0.4, 0.5) is 0 Å². The highest BCUT2D eigenvalue weighted by molar-refractivity contribution is 5.73. The lowest BCUT2D eigenvalue weighted by Gasteiger charge is -2.51. The quantitative estimate of drug-likeness (QED) is 0.110. The first kappa shape index (κ1) is 33.9. The third kappa shape index (κ3) is 7.13. The number of hydrogen-bond donors (Lipinski definition) is 11. The average molecular weight is 601 g/mol. The van der Waals surface area contributed by atoms with Crippen LogP contribution in [0.1, 0.15) is 20.8 Å². The van der Waals surface area contributed by atoms with Crippen molar-refractivity contribution in [3.8, 4) is 0 Å². The van der Waals surface area contributed by atoms with Crippen molar-refractivity contribution in [3.63, 3.8) is 0 Å². The van der Waals surface area contributed by atoms with Gasteiger partial charge in [-0.15, -0.1) is 0 Å². The molecule has 0 bridgehead atoms. The second kappa shape index (κ2) is 13.8. The van der Waals surface area contributed by atoms with E-state index in [-0.39, 0.29) is 0 Å². The number of aliphatic hydroxyl groups is 9. The fourth-order valence-corrected chi connectivity index (χ4v) is 5.17. The first-order valence-corrected chi connectivity index (χ1v) is 13.0. The van der Waals surface area contributed by atoms with Crippen LogP contribution in [-0.2, 0) is 33.3 Å². The Morgan fingerprint density at radius 3 is 1.85 bits per heavy atom. The molecule has 0 saturated carbocycles. The molecule has 3 aliphatic rings. The van der Waals surface area contributed by atoms with Crippen LogP contribution in [0.5, 0.6) is 0 Å². The molecular weight excluding hydrogens is 560 g/mol. The predicted molar refractivity (Wildman–Crippen MR) is 129 cm³/mol. The van der Waals surface area contributed by atoms with Crippen LogP contribution in [0.2, 0.25) is 0 Å². The van der Waals surface area contributed by atoms with Crippen LogP contribution in [0, 0.1) is 0 Å². The topological polar surface area (TPSA) is 286 Å². The van der Waals surface area contributed by atoms with E-state index in [1.807, 2.05) is 0 Å². The molecule has 18 heteroatoms. The van der Waals surface area contributed by atoms with Crippen molar-refractivity contribution in [3.05, 3.63) is 0 Å². The monoisotopic (exact) mass is 600 g/mol. The molecule has 0 aromatic heterocycles. The Balaban J connectivity index is 1.92. The second-order valence-corrected chi connectivity index (χ2v) is 10.3. The zero-order valence-corrected chi connectivity index (χ0v) is 22.6. The van der Waals surface area contributed by atoms with Crippen molar-refractivity contribution < 1.29 is 79.2 Å². The van der Waals surface area contributed by atoms with E-state index >= 15 is 0 Å². The molecule has 41 heavy (non-hydrogen) atoms. The highest BCUT2D eigenvalue weighted by Crippen LogP contribution is 2.35. The van der Waals surface area contributed by atoms with Gasteiger partial charge in [0.2, 0.25) is 11.8 Å². The normalized spacial score (nSPS) is 47.0. The molecule has 3 heterocycles. The number of carbonyl (C=O) groups is 2. The predicted octanol–water partition coefficient (Wildman–Crippen LogP) is -6.90. The number of hydrogen-bond acceptors (Lipinski definition) is 16. The lowest BCUT2D eigenvalue weighted by Crippen LogP contribution is -2.72. The van der Waals surface area contributed by atoms with Crippen molar-refractivity contribution in [1.82, 2.24) is 10.6 Å². The van der Waals surface area contributed by atoms with Crippen LogP contribution < -0.4 is 10.6 Å². The fourth-order valence-electron chi connectivity index (χ4n) is 5.17. The van der Waals surface area contributed by atoms with E-state index in [1.54, 1.807) is 6.92 Å². The van der Waals surface area contributed by atoms with Gasteiger partial charge in [0.05, 0.1) is 32.0 Å². The molecule has 18 nitrogen and oxygen atoms in total. The van der Waals surface area contributed by atoms with Crippen molar-refractivity contribution in [2.45, 2.75) is 112 Å². The van der Waals surface area contributed by atoms with Crippen LogP contribution in [0.3, 0.4) is 0 Å². The number of rotatable bonds is 9. The number of ether oxygens (including phenoxy) is 5. The maximum atomic E-state index is 12.1. The summed E-state index contributed by atoms with van der Waals surface area (Å²) in [6.45, 7) is 1.42. The van der Waals surface area contributed by atoms with E-state index in [0.29, 0.717) is 0 Å². The minimum Gasteiger partial charge on any atom is -0.394 e. The molecule has 0 spiro atoms. The van der Waals surface area contributed by atoms with Crippen LogP contribution in [0.15, 0.2) is 0 Å². The Morgan fingerprint density at radius 1 is 0.756 bits per heavy atom. The lowest BCUT2D eigenvalue weighted by molar-refractivity contribution is -0.472. The van der Waals surface area contributed by atoms with E-state index in [1.165, 1.54) is 6.92 Å². The molecule has 0 aromatic rings. The molecule has 0 aliphatic carbocycles. The Bertz CT molecular complexity index is 898. The zero-order valence-electron chi connectivity index (χ0n) is 22.6. The summed E-state index contributed by atoms with van der Waals surface area (Å²) < 4.78 is 27.7. The third-order valence-corrected chi connectivity index (χ3v) is 7.26. The molecule has 3 saturated heterocycles. The summed E-state index contributed by atoms with van der Waals surface area (Å²) in [5, 5.41) is 97.6. The smallest absolute Gasteiger partial charge is 0.311 e. The van der Waals surface area contributed by atoms with Crippen molar-refractivity contribution in [2.24, 2.45) is 0 Å². The van der Waals surface area contributed by atoms with Gasteiger partial charge in [0.15, 0.2) is 12.4 Å². The summed E-state index contributed by atoms with van der Waals surface area (Å²) in [5.41, 5.74) is 0. The molecule has 238 valence electrons. The summed E-state index contributed by atoms with van der Waals surface area (Å²) in [7, 11) is 0. The summed E-state index contributed by atoms with van der Waals surface area (Å²) in [6.07, 6.45) is -19.6. The van der Waals surface area contributed by atoms with Gasteiger partial charge in [-0.3, -0.25) is 9.59 Å². The summed E-state index contributed by atoms with van der Waals surface area (Å²) in [6, 6.07) is -2.54. The first-order valence-electron chi connectivity index (χ1n) is 13.0. The number of nitrogens with one attached hydrogen (secondary N) is 2. The van der Waals surface area contributed by atoms with Gasteiger partial charge in [0.25, 0.3) is 0 Å². The van der Waals surface area contributed by atoms with Gasteiger partial charge in [-0.1, -0.05) is 0 Å². The molecule has 0 radical (unpaired) electrons. The number of aliphatic hydroxyl groups excluding tert-OH is 8. The van der Waals surface area contributed by atoms with Crippen molar-refractivity contribution in [1.29, 1.82) is 0 Å². The van der Waals surface area contributed by atoms with Gasteiger partial charge in [0, 0.05) is 13.8 Å². The van der Waals surface area contributed by atoms with E-state index in [4.69, 9.17) is 23.7 Å². The Hall–Kier alpha value is -1.62. The van der Waals surface area contributed by atoms with Gasteiger partial charge in [0.1, 0.15) is 61.0 Å². The van der Waals surface area contributed by atoms with E-state index in [2.05, 4.69) is 10.6 Å². The maximum absolute atomic E-state index is 12.1. The van der Waals surface area contributed by atoms with Crippen LogP contribution in [0.25, 0.3) is 0 Å². The van der Waals surface area contributed by atoms with Gasteiger partial charge in [-0.05, 0) is 6.92 Å². The molecule has 3 fully saturated rings. The molecule has 0 aromatic carbocycles. The number of amides is 2. The van der Waals surface area contributed by atoms with Crippen molar-refractivity contribution in [2.75, 3.05) is 19.8 Å². The minimum atomic E-state index is -3.14. The van der Waals surface area contributed by atoms with Gasteiger partial charge in [-0.2, -0.15) is 0 Å². The molecule has 3 aliphatic heterocycles. The standard InChI is InChI=1S/C23H40N2O16/c1-7-13(24-8(2)29)20(16(32)10(4-26)37-7)39-22-14(25-9(3)30)17(33)19(12(6-28)38-22)41-23(36)21(35)18(34)15(31)11(5-27)40-23/h7,10-22,26-28,31-36H,4-6H2,1-3H3,(H,24,29)(H,25,30)/t7?,10?,11?,12?,13?,14?,15-,16-,17+,18-,19+,20+,21?,22-,23-/m0/s1. The SMILES string of the molecule is CC(=O)NC1[C@H](O[C@@H]2C(NC(C)=O)C(C)OC(CO)[C@@H]2O)OC(CO)[C@@H](O[C@@]2(O)OC(CO)[C@H](O)[C@H](O)C2O)[C@@H]1O. The van der Waals surface area contributed by atoms with Gasteiger partial charge in [-0.25, -0.2) is 0 Å². The first-order chi connectivity index (χ1) is 19.2. The summed E-state index contributed by atoms with van der Waals surface area (Å²) in [4.78, 5) is 23.9. The maximum Gasteiger partial charge on any atom is 0.311 e. The fraction of sp³-hybridized carbons (Fsp3) is 0.913. The molecule has 3 rings (SSSR count). The summed E-state index contributed by atoms with van der Waals surface area (Å²) >= 11 is 0. The van der Waals surface area contributed by atoms with E-state index in [9.17, 15) is 55.5 Å². The largest absolute Gasteiger partial charge is 0.394 e. The summed E-state index contributed by atoms with van der Waals surface area (Å²) in [5.74, 6) is -4.35. The molecule has 2 amide bonds. The Kier molecular flexibility index (Phi) is 11.4. The highest BCUT2D eigenvalue weighted by Gasteiger charge is 2.59. The van der Waals surface area contributed by atoms with Gasteiger partial charge < -0.3 is 80.3 Å². The zero-order chi connectivity index (χ0) is 30.8. The highest BCUT2D eigenvalue weighted by atomic mass is 16.8. The van der Waals surface area contributed by atoms with Crippen LogP contribution in [-0.4, -0.2) is 169 Å². The van der Waals surface area contributed by atoms with Gasteiger partial charge >= 0.3 is 5.97 Å². The van der Waals surface area contributed by atoms with Crippen molar-refractivity contribution >= 4 is 11.8 Å². The Morgan fingerprint density at radius 2 is 1.32 bits per heavy atom. The second-order valence-electron chi connectivity index (χ2n) is 10.3. The minimum absolute atomic E-state index is 0.508. The number of carbonyl (C=O) groups excluding carboxylic acids is 2. The van der Waals surface area contributed by atoms with E-state index < -0.39 is 123 Å².